The summed E-state index contributed by atoms with van der Waals surface area (Å²) in [4.78, 5) is 16.5. The van der Waals surface area contributed by atoms with Crippen LogP contribution < -0.4 is 20.9 Å². The van der Waals surface area contributed by atoms with E-state index in [0.717, 1.165) is 61.7 Å². The summed E-state index contributed by atoms with van der Waals surface area (Å²) in [7, 11) is 1.70. The lowest BCUT2D eigenvalue weighted by Gasteiger charge is -2.14. The molecule has 0 spiro atoms. The number of aromatic nitrogens is 1. The molecule has 0 atom stereocenters. The van der Waals surface area contributed by atoms with Crippen LogP contribution >= 0.6 is 0 Å². The first-order chi connectivity index (χ1) is 15.1. The molecule has 7 heteroatoms. The van der Waals surface area contributed by atoms with E-state index in [1.165, 1.54) is 0 Å². The van der Waals surface area contributed by atoms with E-state index in [2.05, 4.69) is 42.7 Å². The number of methoxy groups -OCH3 is 1. The van der Waals surface area contributed by atoms with Crippen molar-refractivity contribution in [3.8, 4) is 5.75 Å². The molecule has 1 aromatic heterocycles. The van der Waals surface area contributed by atoms with Crippen molar-refractivity contribution in [2.24, 2.45) is 4.99 Å². The van der Waals surface area contributed by atoms with Gasteiger partial charge in [0.25, 0.3) is 0 Å². The van der Waals surface area contributed by atoms with Crippen LogP contribution in [0.1, 0.15) is 37.3 Å². The average Bonchev–Trinajstić information content (AvgIpc) is 2.77. The van der Waals surface area contributed by atoms with E-state index in [1.54, 1.807) is 23.8 Å². The van der Waals surface area contributed by atoms with Crippen molar-refractivity contribution in [2.45, 2.75) is 46.2 Å². The molecule has 0 unspecified atom stereocenters. The summed E-state index contributed by atoms with van der Waals surface area (Å²) >= 11 is 0. The molecule has 2 N–H and O–H groups in total. The molecule has 0 fully saturated rings. The Kier molecular flexibility index (Phi) is 11.2. The molecule has 1 heterocycles. The number of aliphatic imine (C=N–C) groups is 1. The maximum atomic E-state index is 11.7. The van der Waals surface area contributed by atoms with Crippen molar-refractivity contribution in [2.75, 3.05) is 33.4 Å². The average molecular weight is 429 g/mol. The highest BCUT2D eigenvalue weighted by Crippen LogP contribution is 2.21. The van der Waals surface area contributed by atoms with Crippen LogP contribution in [0.25, 0.3) is 0 Å². The molecule has 31 heavy (non-hydrogen) atoms. The maximum absolute atomic E-state index is 11.7. The fraction of sp³-hybridized carbons (Fsp3) is 0.500. The van der Waals surface area contributed by atoms with Gasteiger partial charge in [0.1, 0.15) is 5.75 Å². The Morgan fingerprint density at radius 2 is 1.97 bits per heavy atom. The summed E-state index contributed by atoms with van der Waals surface area (Å²) in [5, 5.41) is 6.66. The Morgan fingerprint density at radius 3 is 2.74 bits per heavy atom. The first-order valence-corrected chi connectivity index (χ1v) is 11.0. The number of guanidine groups is 1. The molecule has 0 bridgehead atoms. The smallest absolute Gasteiger partial charge is 0.250 e. The van der Waals surface area contributed by atoms with Gasteiger partial charge in [0.15, 0.2) is 5.96 Å². The van der Waals surface area contributed by atoms with Crippen LogP contribution in [0.2, 0.25) is 0 Å². The predicted molar refractivity (Wildman–Crippen MR) is 126 cm³/mol. The van der Waals surface area contributed by atoms with Gasteiger partial charge in [-0.2, -0.15) is 0 Å². The summed E-state index contributed by atoms with van der Waals surface area (Å²) < 4.78 is 12.8. The summed E-state index contributed by atoms with van der Waals surface area (Å²) in [5.41, 5.74) is 2.27. The lowest BCUT2D eigenvalue weighted by Crippen LogP contribution is -2.37. The highest BCUT2D eigenvalue weighted by Gasteiger charge is 2.05. The first kappa shape index (κ1) is 24.5. The van der Waals surface area contributed by atoms with Gasteiger partial charge in [0.2, 0.25) is 5.56 Å². The minimum Gasteiger partial charge on any atom is -0.493 e. The van der Waals surface area contributed by atoms with Gasteiger partial charge in [0, 0.05) is 57.6 Å². The monoisotopic (exact) mass is 428 g/mol. The standard InChI is InChI=1S/C24H36N4O3/c1-4-25-24(26-13-6-8-15-28-14-7-5-10-23(28)29)27-19-21-12-11-20(2)18-22(21)31-17-9-16-30-3/h5,7,10-12,14,18H,4,6,8-9,13,15-17,19H2,1-3H3,(H2,25,26,27). The summed E-state index contributed by atoms with van der Waals surface area (Å²) in [6.45, 7) is 8.26. The molecule has 0 saturated carbocycles. The number of nitrogens with one attached hydrogen (secondary N) is 2. The second-order valence-corrected chi connectivity index (χ2v) is 7.37. The molecule has 2 rings (SSSR count). The Bertz CT molecular complexity index is 864. The van der Waals surface area contributed by atoms with Crippen LogP contribution in [-0.2, 0) is 17.8 Å². The van der Waals surface area contributed by atoms with Crippen LogP contribution in [0.5, 0.6) is 5.75 Å². The van der Waals surface area contributed by atoms with E-state index in [9.17, 15) is 4.79 Å². The number of nitrogens with zero attached hydrogens (tertiary/aromatic N) is 2. The van der Waals surface area contributed by atoms with Crippen LogP contribution in [0, 0.1) is 6.92 Å². The predicted octanol–water partition coefficient (Wildman–Crippen LogP) is 3.11. The molecule has 0 aliphatic carbocycles. The molecule has 0 radical (unpaired) electrons. The zero-order valence-corrected chi connectivity index (χ0v) is 19.0. The van der Waals surface area contributed by atoms with Gasteiger partial charge >= 0.3 is 0 Å². The Morgan fingerprint density at radius 1 is 1.10 bits per heavy atom. The number of hydrogen-bond donors (Lipinski definition) is 2. The van der Waals surface area contributed by atoms with E-state index in [4.69, 9.17) is 14.5 Å². The third kappa shape index (κ3) is 9.26. The number of ether oxygens (including phenoxy) is 2. The molecular weight excluding hydrogens is 392 g/mol. The highest BCUT2D eigenvalue weighted by atomic mass is 16.5. The first-order valence-electron chi connectivity index (χ1n) is 11.0. The number of rotatable bonds is 13. The summed E-state index contributed by atoms with van der Waals surface area (Å²) in [6, 6.07) is 11.5. The minimum atomic E-state index is 0.0451. The van der Waals surface area contributed by atoms with Crippen LogP contribution in [0.4, 0.5) is 0 Å². The van der Waals surface area contributed by atoms with E-state index >= 15 is 0 Å². The van der Waals surface area contributed by atoms with Crippen molar-refractivity contribution >= 4 is 5.96 Å². The van der Waals surface area contributed by atoms with Gasteiger partial charge < -0.3 is 24.7 Å². The van der Waals surface area contributed by atoms with Crippen molar-refractivity contribution in [1.29, 1.82) is 0 Å². The van der Waals surface area contributed by atoms with Crippen LogP contribution in [0.3, 0.4) is 0 Å². The maximum Gasteiger partial charge on any atom is 0.250 e. The molecule has 170 valence electrons. The van der Waals surface area contributed by atoms with Gasteiger partial charge in [-0.05, 0) is 44.4 Å². The molecular formula is C24H36N4O3. The lowest BCUT2D eigenvalue weighted by molar-refractivity contribution is 0.172. The van der Waals surface area contributed by atoms with Crippen LogP contribution in [-0.4, -0.2) is 43.9 Å². The number of unbranched alkanes of at least 4 members (excludes halogenated alkanes) is 1. The molecule has 0 saturated heterocycles. The molecule has 2 aromatic rings. The van der Waals surface area contributed by atoms with Crippen molar-refractivity contribution in [3.05, 3.63) is 64.1 Å². The summed E-state index contributed by atoms with van der Waals surface area (Å²) in [5.74, 6) is 1.66. The van der Waals surface area contributed by atoms with E-state index in [0.29, 0.717) is 19.8 Å². The number of aryl methyl sites for hydroxylation is 2. The SMILES string of the molecule is CCNC(=NCc1ccc(C)cc1OCCCOC)NCCCCn1ccccc1=O. The van der Waals surface area contributed by atoms with E-state index in [-0.39, 0.29) is 5.56 Å². The molecule has 0 aliphatic rings. The molecule has 1 aromatic carbocycles. The van der Waals surface area contributed by atoms with E-state index in [1.807, 2.05) is 12.3 Å². The normalized spacial score (nSPS) is 11.4. The Labute approximate surface area is 185 Å². The number of pyridine rings is 1. The van der Waals surface area contributed by atoms with Gasteiger partial charge in [-0.25, -0.2) is 4.99 Å². The highest BCUT2D eigenvalue weighted by molar-refractivity contribution is 5.79. The van der Waals surface area contributed by atoms with Gasteiger partial charge in [-0.3, -0.25) is 4.79 Å². The van der Waals surface area contributed by atoms with Crippen LogP contribution in [0.15, 0.2) is 52.4 Å². The second-order valence-electron chi connectivity index (χ2n) is 7.37. The molecule has 7 nitrogen and oxygen atoms in total. The Hall–Kier alpha value is -2.80. The lowest BCUT2D eigenvalue weighted by atomic mass is 10.1. The zero-order valence-electron chi connectivity index (χ0n) is 19.0. The number of hydrogen-bond acceptors (Lipinski definition) is 4. The Balaban J connectivity index is 1.86. The fourth-order valence-corrected chi connectivity index (χ4v) is 3.08. The fourth-order valence-electron chi connectivity index (χ4n) is 3.08. The third-order valence-electron chi connectivity index (χ3n) is 4.74. The third-order valence-corrected chi connectivity index (χ3v) is 4.74. The molecule has 0 aliphatic heterocycles. The summed E-state index contributed by atoms with van der Waals surface area (Å²) in [6.07, 6.45) is 4.56. The second kappa shape index (κ2) is 14.2. The van der Waals surface area contributed by atoms with Crippen molar-refractivity contribution in [3.63, 3.8) is 0 Å². The largest absolute Gasteiger partial charge is 0.493 e. The van der Waals surface area contributed by atoms with E-state index < -0.39 is 0 Å². The molecule has 0 amide bonds. The number of benzene rings is 1. The van der Waals surface area contributed by atoms with Gasteiger partial charge in [-0.1, -0.05) is 18.2 Å². The quantitative estimate of drug-likeness (QED) is 0.291. The zero-order chi connectivity index (χ0) is 22.3. The topological polar surface area (TPSA) is 76.9 Å². The van der Waals surface area contributed by atoms with Gasteiger partial charge in [0.05, 0.1) is 13.2 Å². The van der Waals surface area contributed by atoms with Crippen molar-refractivity contribution < 1.29 is 9.47 Å². The van der Waals surface area contributed by atoms with Gasteiger partial charge in [-0.15, -0.1) is 0 Å². The minimum absolute atomic E-state index is 0.0451. The van der Waals surface area contributed by atoms with Crippen molar-refractivity contribution in [1.82, 2.24) is 15.2 Å².